The summed E-state index contributed by atoms with van der Waals surface area (Å²) in [5.74, 6) is -0.663. The first-order chi connectivity index (χ1) is 7.40. The van der Waals surface area contributed by atoms with Gasteiger partial charge in [0.1, 0.15) is 0 Å². The van der Waals surface area contributed by atoms with Crippen molar-refractivity contribution >= 4 is 12.0 Å². The van der Waals surface area contributed by atoms with E-state index in [4.69, 9.17) is 5.11 Å². The largest absolute Gasteiger partial charge is 0.481 e. The Balaban J connectivity index is 2.25. The maximum Gasteiger partial charge on any atom is 0.317 e. The van der Waals surface area contributed by atoms with Crippen molar-refractivity contribution in [2.75, 3.05) is 13.1 Å². The number of carbonyl (C=O) groups is 2. The van der Waals surface area contributed by atoms with Crippen molar-refractivity contribution in [2.45, 2.75) is 33.2 Å². The zero-order chi connectivity index (χ0) is 12.3. The predicted molar refractivity (Wildman–Crippen MR) is 60.1 cm³/mol. The third-order valence-electron chi connectivity index (χ3n) is 2.71. The molecule has 1 aliphatic rings. The summed E-state index contributed by atoms with van der Waals surface area (Å²) in [6, 6.07) is -0.0120. The highest BCUT2D eigenvalue weighted by molar-refractivity contribution is 5.79. The molecule has 5 heteroatoms. The minimum Gasteiger partial charge on any atom is -0.481 e. The molecule has 0 aromatic carbocycles. The van der Waals surface area contributed by atoms with E-state index in [1.165, 1.54) is 4.90 Å². The van der Waals surface area contributed by atoms with Gasteiger partial charge in [0.25, 0.3) is 0 Å². The first-order valence-electron chi connectivity index (χ1n) is 5.68. The van der Waals surface area contributed by atoms with Crippen molar-refractivity contribution in [3.63, 3.8) is 0 Å². The van der Waals surface area contributed by atoms with E-state index in [0.717, 1.165) is 6.42 Å². The van der Waals surface area contributed by atoms with Gasteiger partial charge in [-0.05, 0) is 19.3 Å². The third kappa shape index (κ3) is 3.40. The Morgan fingerprint density at radius 3 is 2.38 bits per heavy atom. The SMILES string of the molecule is CC(C)CC(C)NC(=O)N1CC(C(=O)O)C1. The fraction of sp³-hybridized carbons (Fsp3) is 0.818. The summed E-state index contributed by atoms with van der Waals surface area (Å²) in [5, 5.41) is 11.5. The van der Waals surface area contributed by atoms with Crippen LogP contribution in [-0.4, -0.2) is 41.1 Å². The number of nitrogens with one attached hydrogen (secondary N) is 1. The van der Waals surface area contributed by atoms with Crippen molar-refractivity contribution < 1.29 is 14.7 Å². The van der Waals surface area contributed by atoms with Crippen LogP contribution in [0.1, 0.15) is 27.2 Å². The highest BCUT2D eigenvalue weighted by Crippen LogP contribution is 2.15. The molecule has 0 aromatic heterocycles. The van der Waals surface area contributed by atoms with Crippen LogP contribution in [0.2, 0.25) is 0 Å². The second-order valence-corrected chi connectivity index (χ2v) is 4.92. The van der Waals surface area contributed by atoms with Crippen LogP contribution >= 0.6 is 0 Å². The highest BCUT2D eigenvalue weighted by atomic mass is 16.4. The van der Waals surface area contributed by atoms with Crippen LogP contribution in [0.5, 0.6) is 0 Å². The summed E-state index contributed by atoms with van der Waals surface area (Å²) in [6.07, 6.45) is 0.932. The molecule has 0 saturated carbocycles. The molecule has 0 bridgehead atoms. The van der Waals surface area contributed by atoms with Crippen LogP contribution in [-0.2, 0) is 4.79 Å². The lowest BCUT2D eigenvalue weighted by Crippen LogP contribution is -2.57. The lowest BCUT2D eigenvalue weighted by Gasteiger charge is -2.37. The fourth-order valence-corrected chi connectivity index (χ4v) is 1.87. The topological polar surface area (TPSA) is 69.6 Å². The number of carboxylic acid groups (broad SMARTS) is 1. The van der Waals surface area contributed by atoms with Gasteiger partial charge >= 0.3 is 12.0 Å². The van der Waals surface area contributed by atoms with E-state index >= 15 is 0 Å². The average molecular weight is 228 g/mol. The first kappa shape index (κ1) is 12.8. The molecule has 0 radical (unpaired) electrons. The predicted octanol–water partition coefficient (Wildman–Crippen LogP) is 1.15. The van der Waals surface area contributed by atoms with Crippen molar-refractivity contribution in [2.24, 2.45) is 11.8 Å². The number of likely N-dealkylation sites (tertiary alicyclic amines) is 1. The first-order valence-corrected chi connectivity index (χ1v) is 5.68. The zero-order valence-electron chi connectivity index (χ0n) is 10.1. The normalized spacial score (nSPS) is 18.1. The molecule has 1 rings (SSSR count). The quantitative estimate of drug-likeness (QED) is 0.758. The van der Waals surface area contributed by atoms with Gasteiger partial charge in [-0.3, -0.25) is 4.79 Å². The van der Waals surface area contributed by atoms with Crippen LogP contribution in [0.3, 0.4) is 0 Å². The Labute approximate surface area is 95.8 Å². The number of amides is 2. The van der Waals surface area contributed by atoms with E-state index in [0.29, 0.717) is 19.0 Å². The van der Waals surface area contributed by atoms with Gasteiger partial charge in [0.15, 0.2) is 0 Å². The highest BCUT2D eigenvalue weighted by Gasteiger charge is 2.35. The summed E-state index contributed by atoms with van der Waals surface area (Å²) in [5.41, 5.74) is 0. The number of carboxylic acids is 1. The maximum atomic E-state index is 11.6. The third-order valence-corrected chi connectivity index (χ3v) is 2.71. The van der Waals surface area contributed by atoms with Gasteiger partial charge < -0.3 is 15.3 Å². The number of hydrogen-bond donors (Lipinski definition) is 2. The summed E-state index contributed by atoms with van der Waals surface area (Å²) in [6.45, 7) is 6.83. The Bertz CT molecular complexity index is 272. The number of rotatable bonds is 4. The van der Waals surface area contributed by atoms with Crippen molar-refractivity contribution in [1.82, 2.24) is 10.2 Å². The molecule has 0 aromatic rings. The van der Waals surface area contributed by atoms with E-state index in [1.54, 1.807) is 0 Å². The number of hydrogen-bond acceptors (Lipinski definition) is 2. The van der Waals surface area contributed by atoms with Crippen LogP contribution in [0.4, 0.5) is 4.79 Å². The summed E-state index contributed by atoms with van der Waals surface area (Å²) in [4.78, 5) is 23.7. The lowest BCUT2D eigenvalue weighted by molar-refractivity contribution is -0.146. The summed E-state index contributed by atoms with van der Waals surface area (Å²) >= 11 is 0. The molecule has 2 amide bonds. The molecule has 5 nitrogen and oxygen atoms in total. The molecule has 2 N–H and O–H groups in total. The van der Waals surface area contributed by atoms with Crippen LogP contribution in [0.15, 0.2) is 0 Å². The lowest BCUT2D eigenvalue weighted by atomic mass is 10.0. The Hall–Kier alpha value is -1.26. The van der Waals surface area contributed by atoms with E-state index < -0.39 is 5.97 Å². The van der Waals surface area contributed by atoms with Crippen LogP contribution in [0, 0.1) is 11.8 Å². The van der Waals surface area contributed by atoms with Crippen LogP contribution < -0.4 is 5.32 Å². The van der Waals surface area contributed by atoms with Gasteiger partial charge in [-0.25, -0.2) is 4.79 Å². The van der Waals surface area contributed by atoms with Gasteiger partial charge in [-0.2, -0.15) is 0 Å². The van der Waals surface area contributed by atoms with Gasteiger partial charge in [0.05, 0.1) is 5.92 Å². The van der Waals surface area contributed by atoms with E-state index in [-0.39, 0.29) is 18.0 Å². The number of urea groups is 1. The Morgan fingerprint density at radius 2 is 1.94 bits per heavy atom. The van der Waals surface area contributed by atoms with Crippen molar-refractivity contribution in [3.8, 4) is 0 Å². The standard InChI is InChI=1S/C11H20N2O3/c1-7(2)4-8(3)12-11(16)13-5-9(6-13)10(14)15/h7-9H,4-6H2,1-3H3,(H,12,16)(H,14,15). The molecule has 1 fully saturated rings. The smallest absolute Gasteiger partial charge is 0.317 e. The van der Waals surface area contributed by atoms with E-state index in [1.807, 2.05) is 6.92 Å². The molecule has 16 heavy (non-hydrogen) atoms. The van der Waals surface area contributed by atoms with Crippen molar-refractivity contribution in [1.29, 1.82) is 0 Å². The van der Waals surface area contributed by atoms with E-state index in [9.17, 15) is 9.59 Å². The van der Waals surface area contributed by atoms with Gasteiger partial charge in [0.2, 0.25) is 0 Å². The molecule has 1 unspecified atom stereocenters. The second-order valence-electron chi connectivity index (χ2n) is 4.92. The monoisotopic (exact) mass is 228 g/mol. The zero-order valence-corrected chi connectivity index (χ0v) is 10.1. The number of aliphatic carboxylic acids is 1. The summed E-state index contributed by atoms with van der Waals surface area (Å²) < 4.78 is 0. The van der Waals surface area contributed by atoms with Crippen LogP contribution in [0.25, 0.3) is 0 Å². The molecular weight excluding hydrogens is 208 g/mol. The second kappa shape index (κ2) is 5.18. The Kier molecular flexibility index (Phi) is 4.15. The molecular formula is C11H20N2O3. The van der Waals surface area contributed by atoms with Gasteiger partial charge in [0, 0.05) is 19.1 Å². The van der Waals surface area contributed by atoms with Crippen molar-refractivity contribution in [3.05, 3.63) is 0 Å². The number of carbonyl (C=O) groups excluding carboxylic acids is 1. The Morgan fingerprint density at radius 1 is 1.38 bits per heavy atom. The molecule has 1 saturated heterocycles. The molecule has 92 valence electrons. The fourth-order valence-electron chi connectivity index (χ4n) is 1.87. The molecule has 1 aliphatic heterocycles. The molecule has 0 spiro atoms. The molecule has 1 atom stereocenters. The summed E-state index contributed by atoms with van der Waals surface area (Å²) in [7, 11) is 0. The maximum absolute atomic E-state index is 11.6. The van der Waals surface area contributed by atoms with Gasteiger partial charge in [-0.15, -0.1) is 0 Å². The number of nitrogens with zero attached hydrogens (tertiary/aromatic N) is 1. The molecule has 1 heterocycles. The minimum atomic E-state index is -0.820. The molecule has 0 aliphatic carbocycles. The minimum absolute atomic E-state index is 0.136. The van der Waals surface area contributed by atoms with E-state index in [2.05, 4.69) is 19.2 Å². The van der Waals surface area contributed by atoms with Gasteiger partial charge in [-0.1, -0.05) is 13.8 Å². The average Bonchev–Trinajstić information content (AvgIpc) is 1.96.